The van der Waals surface area contributed by atoms with E-state index in [1.54, 1.807) is 11.8 Å². The van der Waals surface area contributed by atoms with E-state index in [1.165, 1.54) is 0 Å². The molecule has 7 heteroatoms. The van der Waals surface area contributed by atoms with E-state index >= 15 is 0 Å². The van der Waals surface area contributed by atoms with E-state index in [0.717, 1.165) is 32.4 Å². The molecule has 0 aromatic carbocycles. The molecule has 1 rings (SSSR count). The Labute approximate surface area is 133 Å². The van der Waals surface area contributed by atoms with Crippen LogP contribution in [-0.2, 0) is 9.53 Å². The minimum atomic E-state index is -0.255. The van der Waals surface area contributed by atoms with E-state index in [2.05, 4.69) is 15.5 Å². The monoisotopic (exact) mass is 314 g/mol. The highest BCUT2D eigenvalue weighted by molar-refractivity contribution is 5.78. The fourth-order valence-electron chi connectivity index (χ4n) is 2.42. The smallest absolute Gasteiger partial charge is 0.409 e. The zero-order valence-corrected chi connectivity index (χ0v) is 14.1. The van der Waals surface area contributed by atoms with Crippen molar-refractivity contribution in [3.05, 3.63) is 0 Å². The minimum Gasteiger partial charge on any atom is -0.450 e. The predicted octanol–water partition coefficient (Wildman–Crippen LogP) is 0.265. The van der Waals surface area contributed by atoms with Crippen LogP contribution in [0.3, 0.4) is 0 Å². The molecule has 0 spiro atoms. The number of piperidine rings is 1. The molecule has 0 radical (unpaired) electrons. The third-order valence-electron chi connectivity index (χ3n) is 3.63. The topological polar surface area (TPSA) is 73.9 Å². The molecule has 1 fully saturated rings. The summed E-state index contributed by atoms with van der Waals surface area (Å²) in [6.45, 7) is 5.69. The van der Waals surface area contributed by atoms with Crippen molar-refractivity contribution in [1.29, 1.82) is 0 Å². The van der Waals surface area contributed by atoms with Gasteiger partial charge >= 0.3 is 6.09 Å². The van der Waals surface area contributed by atoms with Gasteiger partial charge in [-0.25, -0.2) is 4.79 Å². The van der Waals surface area contributed by atoms with Gasteiger partial charge in [0.2, 0.25) is 5.91 Å². The van der Waals surface area contributed by atoms with Crippen LogP contribution < -0.4 is 10.6 Å². The van der Waals surface area contributed by atoms with E-state index in [0.29, 0.717) is 26.2 Å². The number of carbonyl (C=O) groups excluding carboxylic acids is 2. The molecule has 128 valence electrons. The Morgan fingerprint density at radius 3 is 2.55 bits per heavy atom. The van der Waals surface area contributed by atoms with Crippen LogP contribution in [0.1, 0.15) is 26.2 Å². The first-order chi connectivity index (χ1) is 10.5. The number of hydrogen-bond acceptors (Lipinski definition) is 5. The Bertz CT molecular complexity index is 342. The van der Waals surface area contributed by atoms with Crippen LogP contribution in [-0.4, -0.2) is 81.3 Å². The lowest BCUT2D eigenvalue weighted by molar-refractivity contribution is -0.121. The summed E-state index contributed by atoms with van der Waals surface area (Å²) in [5.41, 5.74) is 0. The molecule has 0 atom stereocenters. The molecule has 0 aromatic rings. The summed E-state index contributed by atoms with van der Waals surface area (Å²) in [7, 11) is 4.07. The van der Waals surface area contributed by atoms with Crippen molar-refractivity contribution in [3.8, 4) is 0 Å². The van der Waals surface area contributed by atoms with Crippen molar-refractivity contribution >= 4 is 12.0 Å². The summed E-state index contributed by atoms with van der Waals surface area (Å²) in [6, 6.07) is 0.154. The molecule has 0 bridgehead atoms. The standard InChI is InChI=1S/C15H30N4O3/c1-4-22-15(21)19-10-6-13(7-11-19)17-14(20)12-16-8-5-9-18(2)3/h13,16H,4-12H2,1-3H3,(H,17,20). The molecule has 0 aromatic heterocycles. The van der Waals surface area contributed by atoms with Gasteiger partial charge in [0.05, 0.1) is 13.2 Å². The maximum Gasteiger partial charge on any atom is 0.409 e. The van der Waals surface area contributed by atoms with Crippen LogP contribution >= 0.6 is 0 Å². The number of hydrogen-bond donors (Lipinski definition) is 2. The second-order valence-electron chi connectivity index (χ2n) is 5.86. The van der Waals surface area contributed by atoms with Crippen molar-refractivity contribution in [3.63, 3.8) is 0 Å². The number of nitrogens with one attached hydrogen (secondary N) is 2. The molecule has 7 nitrogen and oxygen atoms in total. The van der Waals surface area contributed by atoms with Gasteiger partial charge in [-0.05, 0) is 53.4 Å². The van der Waals surface area contributed by atoms with Gasteiger partial charge in [-0.2, -0.15) is 0 Å². The molecule has 1 aliphatic rings. The molecule has 0 saturated carbocycles. The van der Waals surface area contributed by atoms with Crippen LogP contribution in [0.2, 0.25) is 0 Å². The van der Waals surface area contributed by atoms with E-state index in [4.69, 9.17) is 4.74 Å². The second kappa shape index (κ2) is 10.4. The molecule has 0 aliphatic carbocycles. The quantitative estimate of drug-likeness (QED) is 0.629. The average Bonchev–Trinajstić information content (AvgIpc) is 2.47. The maximum atomic E-state index is 11.8. The van der Waals surface area contributed by atoms with E-state index in [9.17, 15) is 9.59 Å². The molecular weight excluding hydrogens is 284 g/mol. The zero-order valence-electron chi connectivity index (χ0n) is 14.1. The lowest BCUT2D eigenvalue weighted by atomic mass is 10.1. The highest BCUT2D eigenvalue weighted by atomic mass is 16.6. The first-order valence-corrected chi connectivity index (χ1v) is 8.09. The summed E-state index contributed by atoms with van der Waals surface area (Å²) in [4.78, 5) is 27.2. The van der Waals surface area contributed by atoms with Crippen molar-refractivity contribution in [1.82, 2.24) is 20.4 Å². The molecule has 1 aliphatic heterocycles. The number of amides is 2. The third kappa shape index (κ3) is 7.61. The molecule has 2 amide bonds. The normalized spacial score (nSPS) is 15.9. The van der Waals surface area contributed by atoms with Gasteiger partial charge in [-0.1, -0.05) is 0 Å². The lowest BCUT2D eigenvalue weighted by Gasteiger charge is -2.31. The molecule has 22 heavy (non-hydrogen) atoms. The number of likely N-dealkylation sites (tertiary alicyclic amines) is 1. The molecule has 1 saturated heterocycles. The Balaban J connectivity index is 2.10. The predicted molar refractivity (Wildman–Crippen MR) is 85.8 cm³/mol. The largest absolute Gasteiger partial charge is 0.450 e. The van der Waals surface area contributed by atoms with Crippen LogP contribution in [0.4, 0.5) is 4.79 Å². The molecular formula is C15H30N4O3. The Kier molecular flexibility index (Phi) is 8.84. The van der Waals surface area contributed by atoms with Crippen LogP contribution in [0.25, 0.3) is 0 Å². The van der Waals surface area contributed by atoms with Crippen molar-refractivity contribution in [2.24, 2.45) is 0 Å². The number of rotatable bonds is 8. The summed E-state index contributed by atoms with van der Waals surface area (Å²) in [5.74, 6) is 0.0273. The molecule has 0 unspecified atom stereocenters. The van der Waals surface area contributed by atoms with Gasteiger partial charge in [0.15, 0.2) is 0 Å². The highest BCUT2D eigenvalue weighted by Crippen LogP contribution is 2.11. The Morgan fingerprint density at radius 2 is 1.95 bits per heavy atom. The van der Waals surface area contributed by atoms with E-state index < -0.39 is 0 Å². The fraction of sp³-hybridized carbons (Fsp3) is 0.867. The lowest BCUT2D eigenvalue weighted by Crippen LogP contribution is -2.48. The Morgan fingerprint density at radius 1 is 1.27 bits per heavy atom. The van der Waals surface area contributed by atoms with E-state index in [-0.39, 0.29) is 18.0 Å². The SMILES string of the molecule is CCOC(=O)N1CCC(NC(=O)CNCCCN(C)C)CC1. The van der Waals surface area contributed by atoms with Gasteiger partial charge in [0, 0.05) is 19.1 Å². The zero-order chi connectivity index (χ0) is 16.4. The molecule has 1 heterocycles. The Hall–Kier alpha value is -1.34. The van der Waals surface area contributed by atoms with Gasteiger partial charge in [-0.15, -0.1) is 0 Å². The van der Waals surface area contributed by atoms with Gasteiger partial charge < -0.3 is 25.2 Å². The van der Waals surface area contributed by atoms with Crippen molar-refractivity contribution in [2.75, 3.05) is 53.4 Å². The number of ether oxygens (including phenoxy) is 1. The number of carbonyl (C=O) groups is 2. The summed E-state index contributed by atoms with van der Waals surface area (Å²) < 4.78 is 4.98. The van der Waals surface area contributed by atoms with Crippen LogP contribution in [0.5, 0.6) is 0 Å². The van der Waals surface area contributed by atoms with Crippen LogP contribution in [0.15, 0.2) is 0 Å². The van der Waals surface area contributed by atoms with Crippen molar-refractivity contribution < 1.29 is 14.3 Å². The van der Waals surface area contributed by atoms with Gasteiger partial charge in [0.1, 0.15) is 0 Å². The number of nitrogens with zero attached hydrogens (tertiary/aromatic N) is 2. The first-order valence-electron chi connectivity index (χ1n) is 8.09. The fourth-order valence-corrected chi connectivity index (χ4v) is 2.42. The van der Waals surface area contributed by atoms with Crippen LogP contribution in [0, 0.1) is 0 Å². The summed E-state index contributed by atoms with van der Waals surface area (Å²) >= 11 is 0. The second-order valence-corrected chi connectivity index (χ2v) is 5.86. The highest BCUT2D eigenvalue weighted by Gasteiger charge is 2.24. The minimum absolute atomic E-state index is 0.0273. The van der Waals surface area contributed by atoms with Gasteiger partial charge in [0.25, 0.3) is 0 Å². The molecule has 2 N–H and O–H groups in total. The summed E-state index contributed by atoms with van der Waals surface area (Å²) in [6.07, 6.45) is 2.34. The van der Waals surface area contributed by atoms with Gasteiger partial charge in [-0.3, -0.25) is 4.79 Å². The van der Waals surface area contributed by atoms with Crippen molar-refractivity contribution in [2.45, 2.75) is 32.2 Å². The third-order valence-corrected chi connectivity index (χ3v) is 3.63. The maximum absolute atomic E-state index is 11.8. The van der Waals surface area contributed by atoms with E-state index in [1.807, 2.05) is 14.1 Å². The average molecular weight is 314 g/mol. The first kappa shape index (κ1) is 18.7. The summed E-state index contributed by atoms with van der Waals surface area (Å²) in [5, 5.41) is 6.17.